The number of aromatic nitrogens is 2. The van der Waals surface area contributed by atoms with Gasteiger partial charge in [-0.2, -0.15) is 5.10 Å². The molecule has 0 fully saturated rings. The van der Waals surface area contributed by atoms with Crippen molar-refractivity contribution in [2.75, 3.05) is 6.54 Å². The lowest BCUT2D eigenvalue weighted by molar-refractivity contribution is 0.0944. The summed E-state index contributed by atoms with van der Waals surface area (Å²) < 4.78 is 22.8. The quantitative estimate of drug-likeness (QED) is 0.595. The summed E-state index contributed by atoms with van der Waals surface area (Å²) in [6.07, 6.45) is 4.10. The molecule has 0 aliphatic heterocycles. The summed E-state index contributed by atoms with van der Waals surface area (Å²) in [5.41, 5.74) is 0.0779. The standard InChI is InChI=1S/C11H18ClN3O3S/c1-3-4-5-6-7-13-11(16)9-10(19(12,17)18)8(2)14-15-9/h3-7H2,1-2H3,(H,13,16)(H,14,15). The van der Waals surface area contributed by atoms with Gasteiger partial charge >= 0.3 is 0 Å². The molecule has 6 nitrogen and oxygen atoms in total. The van der Waals surface area contributed by atoms with E-state index in [1.54, 1.807) is 0 Å². The van der Waals surface area contributed by atoms with E-state index in [9.17, 15) is 13.2 Å². The van der Waals surface area contributed by atoms with Crippen molar-refractivity contribution < 1.29 is 13.2 Å². The van der Waals surface area contributed by atoms with Gasteiger partial charge in [0.2, 0.25) is 0 Å². The fraction of sp³-hybridized carbons (Fsp3) is 0.636. The molecule has 0 aromatic carbocycles. The third-order valence-corrected chi connectivity index (χ3v) is 4.12. The number of aromatic amines is 1. The molecule has 1 rings (SSSR count). The number of hydrogen-bond donors (Lipinski definition) is 2. The normalized spacial score (nSPS) is 11.5. The van der Waals surface area contributed by atoms with Crippen LogP contribution in [0, 0.1) is 6.92 Å². The van der Waals surface area contributed by atoms with Crippen molar-refractivity contribution >= 4 is 25.6 Å². The summed E-state index contributed by atoms with van der Waals surface area (Å²) in [6, 6.07) is 0. The third kappa shape index (κ3) is 4.50. The Kier molecular flexibility index (Phi) is 5.81. The van der Waals surface area contributed by atoms with Crippen molar-refractivity contribution in [3.63, 3.8) is 0 Å². The van der Waals surface area contributed by atoms with Gasteiger partial charge in [-0.25, -0.2) is 8.42 Å². The SMILES string of the molecule is CCCCCCNC(=O)c1n[nH]c(C)c1S(=O)(=O)Cl. The average Bonchev–Trinajstić information content (AvgIpc) is 2.70. The second kappa shape index (κ2) is 6.91. The minimum atomic E-state index is -3.99. The van der Waals surface area contributed by atoms with Gasteiger partial charge in [0.15, 0.2) is 5.69 Å². The molecule has 0 saturated carbocycles. The predicted molar refractivity (Wildman–Crippen MR) is 72.8 cm³/mol. The van der Waals surface area contributed by atoms with Crippen LogP contribution in [0.3, 0.4) is 0 Å². The third-order valence-electron chi connectivity index (χ3n) is 2.67. The molecule has 0 atom stereocenters. The Morgan fingerprint density at radius 1 is 1.37 bits per heavy atom. The molecular formula is C11H18ClN3O3S. The molecule has 0 aliphatic carbocycles. The summed E-state index contributed by atoms with van der Waals surface area (Å²) in [6.45, 7) is 4.09. The van der Waals surface area contributed by atoms with E-state index in [1.165, 1.54) is 6.92 Å². The molecule has 2 N–H and O–H groups in total. The van der Waals surface area contributed by atoms with E-state index < -0.39 is 15.0 Å². The number of H-pyrrole nitrogens is 1. The van der Waals surface area contributed by atoms with Crippen LogP contribution in [0.2, 0.25) is 0 Å². The molecule has 19 heavy (non-hydrogen) atoms. The largest absolute Gasteiger partial charge is 0.351 e. The zero-order chi connectivity index (χ0) is 14.5. The summed E-state index contributed by atoms with van der Waals surface area (Å²) in [5, 5.41) is 8.80. The van der Waals surface area contributed by atoms with Crippen LogP contribution in [-0.2, 0) is 9.05 Å². The van der Waals surface area contributed by atoms with Gasteiger partial charge in [0.05, 0.1) is 5.69 Å². The van der Waals surface area contributed by atoms with Gasteiger partial charge in [0, 0.05) is 17.2 Å². The maximum atomic E-state index is 11.8. The monoisotopic (exact) mass is 307 g/mol. The molecule has 0 unspecified atom stereocenters. The molecule has 0 bridgehead atoms. The molecule has 8 heteroatoms. The number of carbonyl (C=O) groups excluding carboxylic acids is 1. The van der Waals surface area contributed by atoms with Crippen molar-refractivity contribution in [2.45, 2.75) is 44.4 Å². The van der Waals surface area contributed by atoms with Gasteiger partial charge in [0.1, 0.15) is 4.90 Å². The Morgan fingerprint density at radius 3 is 2.63 bits per heavy atom. The Bertz CT molecular complexity index is 539. The first-order valence-electron chi connectivity index (χ1n) is 6.15. The number of hydrogen-bond acceptors (Lipinski definition) is 4. The first-order chi connectivity index (χ1) is 8.88. The number of nitrogens with zero attached hydrogens (tertiary/aromatic N) is 1. The van der Waals surface area contributed by atoms with Crippen molar-refractivity contribution in [3.05, 3.63) is 11.4 Å². The van der Waals surface area contributed by atoms with Crippen LogP contribution in [0.1, 0.15) is 48.8 Å². The fourth-order valence-electron chi connectivity index (χ4n) is 1.71. The molecule has 1 aromatic heterocycles. The average molecular weight is 308 g/mol. The van der Waals surface area contributed by atoms with E-state index in [0.717, 1.165) is 25.7 Å². The summed E-state index contributed by atoms with van der Waals surface area (Å²) >= 11 is 0. The van der Waals surface area contributed by atoms with Crippen molar-refractivity contribution in [3.8, 4) is 0 Å². The first-order valence-corrected chi connectivity index (χ1v) is 8.46. The van der Waals surface area contributed by atoms with E-state index in [2.05, 4.69) is 22.4 Å². The summed E-state index contributed by atoms with van der Waals surface area (Å²) in [4.78, 5) is 11.6. The summed E-state index contributed by atoms with van der Waals surface area (Å²) in [7, 11) is 1.30. The lowest BCUT2D eigenvalue weighted by Crippen LogP contribution is -2.26. The highest BCUT2D eigenvalue weighted by Crippen LogP contribution is 2.21. The van der Waals surface area contributed by atoms with Crippen molar-refractivity contribution in [2.24, 2.45) is 0 Å². The molecule has 1 amide bonds. The number of unbranched alkanes of at least 4 members (excludes halogenated alkanes) is 3. The van der Waals surface area contributed by atoms with Gasteiger partial charge in [-0.3, -0.25) is 9.89 Å². The highest BCUT2D eigenvalue weighted by molar-refractivity contribution is 8.13. The number of nitrogens with one attached hydrogen (secondary N) is 2. The number of aryl methyl sites for hydroxylation is 1. The van der Waals surface area contributed by atoms with Crippen molar-refractivity contribution in [1.82, 2.24) is 15.5 Å². The van der Waals surface area contributed by atoms with E-state index in [-0.39, 0.29) is 16.3 Å². The summed E-state index contributed by atoms with van der Waals surface area (Å²) in [5.74, 6) is -0.528. The van der Waals surface area contributed by atoms with Gasteiger partial charge in [0.25, 0.3) is 15.0 Å². The number of carbonyl (C=O) groups is 1. The van der Waals surface area contributed by atoms with Crippen LogP contribution in [0.5, 0.6) is 0 Å². The van der Waals surface area contributed by atoms with E-state index in [4.69, 9.17) is 10.7 Å². The van der Waals surface area contributed by atoms with Crippen LogP contribution < -0.4 is 5.32 Å². The van der Waals surface area contributed by atoms with E-state index >= 15 is 0 Å². The molecular weight excluding hydrogens is 290 g/mol. The van der Waals surface area contributed by atoms with Gasteiger partial charge in [-0.05, 0) is 13.3 Å². The van der Waals surface area contributed by atoms with Crippen LogP contribution in [0.15, 0.2) is 4.90 Å². The highest BCUT2D eigenvalue weighted by Gasteiger charge is 2.26. The minimum Gasteiger partial charge on any atom is -0.351 e. The Morgan fingerprint density at radius 2 is 2.05 bits per heavy atom. The van der Waals surface area contributed by atoms with Crippen LogP contribution in [0.4, 0.5) is 0 Å². The van der Waals surface area contributed by atoms with Crippen LogP contribution in [0.25, 0.3) is 0 Å². The molecule has 0 saturated heterocycles. The molecule has 1 heterocycles. The van der Waals surface area contributed by atoms with Crippen LogP contribution in [-0.4, -0.2) is 31.1 Å². The second-order valence-electron chi connectivity index (χ2n) is 4.28. The minimum absolute atomic E-state index is 0.178. The maximum Gasteiger partial charge on any atom is 0.273 e. The molecule has 108 valence electrons. The maximum absolute atomic E-state index is 11.8. The van der Waals surface area contributed by atoms with Crippen molar-refractivity contribution in [1.29, 1.82) is 0 Å². The van der Waals surface area contributed by atoms with Gasteiger partial charge in [-0.15, -0.1) is 0 Å². The Balaban J connectivity index is 2.68. The fourth-order valence-corrected chi connectivity index (χ4v) is 3.06. The van der Waals surface area contributed by atoms with Crippen LogP contribution >= 0.6 is 10.7 Å². The zero-order valence-electron chi connectivity index (χ0n) is 11.0. The predicted octanol–water partition coefficient (Wildman–Crippen LogP) is 1.96. The molecule has 0 spiro atoms. The molecule has 0 aliphatic rings. The second-order valence-corrected chi connectivity index (χ2v) is 6.78. The van der Waals surface area contributed by atoms with Gasteiger partial charge in [-0.1, -0.05) is 26.2 Å². The topological polar surface area (TPSA) is 91.9 Å². The Hall–Kier alpha value is -1.08. The molecule has 1 aromatic rings. The highest BCUT2D eigenvalue weighted by atomic mass is 35.7. The Labute approximate surface area is 117 Å². The lowest BCUT2D eigenvalue weighted by Gasteiger charge is -2.04. The smallest absolute Gasteiger partial charge is 0.273 e. The number of amides is 1. The number of rotatable bonds is 7. The first kappa shape index (κ1) is 16.0. The zero-order valence-corrected chi connectivity index (χ0v) is 12.6. The van der Waals surface area contributed by atoms with Gasteiger partial charge < -0.3 is 5.32 Å². The molecule has 0 radical (unpaired) electrons. The van der Waals surface area contributed by atoms with E-state index in [0.29, 0.717) is 6.54 Å². The van der Waals surface area contributed by atoms with E-state index in [1.807, 2.05) is 0 Å². The number of halogens is 1. The lowest BCUT2D eigenvalue weighted by atomic mass is 10.2.